The number of carbonyl (C=O) groups is 1. The van der Waals surface area contributed by atoms with Crippen molar-refractivity contribution in [2.24, 2.45) is 5.92 Å². The molecule has 31 heavy (non-hydrogen) atoms. The summed E-state index contributed by atoms with van der Waals surface area (Å²) in [6, 6.07) is 14.1. The minimum Gasteiger partial charge on any atom is -0.494 e. The zero-order valence-electron chi connectivity index (χ0n) is 17.6. The first-order valence-corrected chi connectivity index (χ1v) is 12.7. The van der Waals surface area contributed by atoms with Crippen molar-refractivity contribution in [3.8, 4) is 5.75 Å². The number of rotatable bonds is 9. The molecule has 1 heterocycles. The van der Waals surface area contributed by atoms with E-state index in [-0.39, 0.29) is 16.7 Å². The van der Waals surface area contributed by atoms with Gasteiger partial charge in [-0.25, -0.2) is 8.42 Å². The smallest absolute Gasteiger partial charge is 0.243 e. The number of amides is 1. The van der Waals surface area contributed by atoms with Crippen LogP contribution in [0, 0.1) is 5.92 Å². The first kappa shape index (κ1) is 23.4. The van der Waals surface area contributed by atoms with Gasteiger partial charge in [0, 0.05) is 29.7 Å². The molecule has 1 N–H and O–H groups in total. The average molecular weight is 461 g/mol. The van der Waals surface area contributed by atoms with Crippen molar-refractivity contribution in [2.75, 3.05) is 30.8 Å². The van der Waals surface area contributed by atoms with E-state index in [0.717, 1.165) is 16.3 Å². The van der Waals surface area contributed by atoms with Crippen LogP contribution in [0.25, 0.3) is 0 Å². The average Bonchev–Trinajstić information content (AvgIpc) is 2.79. The van der Waals surface area contributed by atoms with E-state index in [9.17, 15) is 13.2 Å². The fourth-order valence-corrected chi connectivity index (χ4v) is 5.68. The van der Waals surface area contributed by atoms with Gasteiger partial charge in [0.25, 0.3) is 0 Å². The molecule has 2 aromatic carbocycles. The minimum atomic E-state index is -3.59. The Balaban J connectivity index is 1.60. The maximum atomic E-state index is 12.9. The van der Waals surface area contributed by atoms with Crippen LogP contribution in [0.4, 0.5) is 5.69 Å². The highest BCUT2D eigenvalue weighted by Crippen LogP contribution is 2.29. The zero-order valence-corrected chi connectivity index (χ0v) is 19.3. The Hall–Kier alpha value is -2.29. The summed E-state index contributed by atoms with van der Waals surface area (Å²) in [5, 5.41) is 3.02. The molecule has 1 aliphatic rings. The standard InChI is InChI=1S/C23H28N2O4S2/c1-3-17-30-22-8-6-5-7-21(22)24-23(26)18-13-15-25(16-14-18)31(27,28)20-11-9-19(10-12-20)29-4-2/h3,5-12,18H,1,4,13-17H2,2H3,(H,24,26). The second-order valence-electron chi connectivity index (χ2n) is 7.17. The van der Waals surface area contributed by atoms with Crippen LogP contribution in [0.2, 0.25) is 0 Å². The van der Waals surface area contributed by atoms with E-state index in [1.54, 1.807) is 36.0 Å². The Morgan fingerprint density at radius 1 is 1.19 bits per heavy atom. The van der Waals surface area contributed by atoms with Gasteiger partial charge in [-0.05, 0) is 56.2 Å². The van der Waals surface area contributed by atoms with Crippen molar-refractivity contribution in [3.05, 3.63) is 61.2 Å². The number of para-hydroxylation sites is 1. The van der Waals surface area contributed by atoms with E-state index in [1.165, 1.54) is 4.31 Å². The third-order valence-corrected chi connectivity index (χ3v) is 8.08. The lowest BCUT2D eigenvalue weighted by Crippen LogP contribution is -2.41. The zero-order chi connectivity index (χ0) is 22.3. The van der Waals surface area contributed by atoms with Crippen LogP contribution in [0.15, 0.2) is 71.0 Å². The van der Waals surface area contributed by atoms with Gasteiger partial charge in [-0.2, -0.15) is 4.31 Å². The monoisotopic (exact) mass is 460 g/mol. The number of thioether (sulfide) groups is 1. The number of anilines is 1. The third-order valence-electron chi connectivity index (χ3n) is 5.10. The number of sulfonamides is 1. The fourth-order valence-electron chi connectivity index (χ4n) is 3.46. The first-order valence-electron chi connectivity index (χ1n) is 10.3. The lowest BCUT2D eigenvalue weighted by atomic mass is 9.97. The van der Waals surface area contributed by atoms with E-state index in [4.69, 9.17) is 4.74 Å². The van der Waals surface area contributed by atoms with Gasteiger partial charge >= 0.3 is 0 Å². The quantitative estimate of drug-likeness (QED) is 0.443. The lowest BCUT2D eigenvalue weighted by Gasteiger charge is -2.30. The second-order valence-corrected chi connectivity index (χ2v) is 10.2. The number of hydrogen-bond acceptors (Lipinski definition) is 5. The Kier molecular flexibility index (Phi) is 8.17. The molecule has 6 nitrogen and oxygen atoms in total. The molecule has 1 saturated heterocycles. The topological polar surface area (TPSA) is 75.7 Å². The van der Waals surface area contributed by atoms with Gasteiger partial charge in [0.15, 0.2) is 0 Å². The highest BCUT2D eigenvalue weighted by atomic mass is 32.2. The molecule has 0 spiro atoms. The van der Waals surface area contributed by atoms with Crippen molar-refractivity contribution >= 4 is 33.4 Å². The summed E-state index contributed by atoms with van der Waals surface area (Å²) >= 11 is 1.61. The lowest BCUT2D eigenvalue weighted by molar-refractivity contribution is -0.120. The molecule has 1 amide bonds. The number of nitrogens with zero attached hydrogens (tertiary/aromatic N) is 1. The number of hydrogen-bond donors (Lipinski definition) is 1. The first-order chi connectivity index (χ1) is 15.0. The molecular formula is C23H28N2O4S2. The van der Waals surface area contributed by atoms with E-state index in [0.29, 0.717) is 38.3 Å². The number of nitrogens with one attached hydrogen (secondary N) is 1. The third kappa shape index (κ3) is 5.90. The van der Waals surface area contributed by atoms with Gasteiger partial charge in [-0.15, -0.1) is 18.3 Å². The molecule has 3 rings (SSSR count). The summed E-state index contributed by atoms with van der Waals surface area (Å²) < 4.78 is 32.7. The van der Waals surface area contributed by atoms with Gasteiger partial charge in [0.1, 0.15) is 5.75 Å². The molecular weight excluding hydrogens is 432 g/mol. The molecule has 0 atom stereocenters. The predicted octanol–water partition coefficient (Wildman–Crippen LogP) is 4.40. The van der Waals surface area contributed by atoms with Crippen molar-refractivity contribution in [3.63, 3.8) is 0 Å². The van der Waals surface area contributed by atoms with Crippen LogP contribution in [0.5, 0.6) is 5.75 Å². The molecule has 166 valence electrons. The molecule has 2 aromatic rings. The summed E-state index contributed by atoms with van der Waals surface area (Å²) in [5.74, 6) is 1.12. The number of ether oxygens (including phenoxy) is 1. The normalized spacial score (nSPS) is 15.4. The molecule has 0 unspecified atom stereocenters. The molecule has 1 aliphatic heterocycles. The Morgan fingerprint density at radius 3 is 2.52 bits per heavy atom. The number of benzene rings is 2. The maximum absolute atomic E-state index is 12.9. The summed E-state index contributed by atoms with van der Waals surface area (Å²) in [6.45, 7) is 6.78. The predicted molar refractivity (Wildman–Crippen MR) is 125 cm³/mol. The highest BCUT2D eigenvalue weighted by molar-refractivity contribution is 7.99. The van der Waals surface area contributed by atoms with E-state index in [2.05, 4.69) is 11.9 Å². The fraction of sp³-hybridized carbons (Fsp3) is 0.348. The minimum absolute atomic E-state index is 0.0650. The van der Waals surface area contributed by atoms with Crippen molar-refractivity contribution in [2.45, 2.75) is 29.6 Å². The molecule has 0 bridgehead atoms. The summed E-state index contributed by atoms with van der Waals surface area (Å²) in [4.78, 5) is 14.0. The molecule has 0 aromatic heterocycles. The largest absolute Gasteiger partial charge is 0.494 e. The molecule has 0 saturated carbocycles. The van der Waals surface area contributed by atoms with Gasteiger partial charge in [0.2, 0.25) is 15.9 Å². The van der Waals surface area contributed by atoms with E-state index < -0.39 is 10.0 Å². The molecule has 0 aliphatic carbocycles. The van der Waals surface area contributed by atoms with Crippen LogP contribution in [0.3, 0.4) is 0 Å². The van der Waals surface area contributed by atoms with E-state index >= 15 is 0 Å². The summed E-state index contributed by atoms with van der Waals surface area (Å²) in [7, 11) is -3.59. The summed E-state index contributed by atoms with van der Waals surface area (Å²) in [5.41, 5.74) is 0.781. The van der Waals surface area contributed by atoms with Crippen molar-refractivity contribution in [1.29, 1.82) is 0 Å². The number of carbonyl (C=O) groups excluding carboxylic acids is 1. The Labute approximate surface area is 188 Å². The van der Waals surface area contributed by atoms with Crippen LogP contribution >= 0.6 is 11.8 Å². The van der Waals surface area contributed by atoms with Crippen molar-refractivity contribution in [1.82, 2.24) is 4.31 Å². The van der Waals surface area contributed by atoms with Gasteiger partial charge in [-0.1, -0.05) is 18.2 Å². The SMILES string of the molecule is C=CCSc1ccccc1NC(=O)C1CCN(S(=O)(=O)c2ccc(OCC)cc2)CC1. The highest BCUT2D eigenvalue weighted by Gasteiger charge is 2.32. The van der Waals surface area contributed by atoms with E-state index in [1.807, 2.05) is 37.3 Å². The molecule has 8 heteroatoms. The number of piperidine rings is 1. The molecule has 1 fully saturated rings. The molecule has 0 radical (unpaired) electrons. The van der Waals surface area contributed by atoms with Crippen LogP contribution in [0.1, 0.15) is 19.8 Å². The summed E-state index contributed by atoms with van der Waals surface area (Å²) in [6.07, 6.45) is 2.80. The van der Waals surface area contributed by atoms with Gasteiger partial charge in [0.05, 0.1) is 17.2 Å². The maximum Gasteiger partial charge on any atom is 0.243 e. The van der Waals surface area contributed by atoms with Gasteiger partial charge in [-0.3, -0.25) is 4.79 Å². The van der Waals surface area contributed by atoms with Crippen LogP contribution in [-0.4, -0.2) is 44.1 Å². The Bertz CT molecular complexity index is 998. The van der Waals surface area contributed by atoms with Gasteiger partial charge < -0.3 is 10.1 Å². The van der Waals surface area contributed by atoms with Crippen molar-refractivity contribution < 1.29 is 17.9 Å². The van der Waals surface area contributed by atoms with Crippen LogP contribution < -0.4 is 10.1 Å². The second kappa shape index (κ2) is 10.8. The van der Waals surface area contributed by atoms with Crippen LogP contribution in [-0.2, 0) is 14.8 Å². The Morgan fingerprint density at radius 2 is 1.87 bits per heavy atom.